The molecule has 0 saturated heterocycles. The first-order valence-corrected chi connectivity index (χ1v) is 7.53. The third-order valence-electron chi connectivity index (χ3n) is 2.59. The first-order chi connectivity index (χ1) is 8.04. The summed E-state index contributed by atoms with van der Waals surface area (Å²) < 4.78 is 27.4. The molecule has 1 aromatic heterocycles. The maximum Gasteiger partial charge on any atom is 0.240 e. The quantitative estimate of drug-likeness (QED) is 0.880. The smallest absolute Gasteiger partial charge is 0.240 e. The fraction of sp³-hybridized carbons (Fsp3) is 0.300. The van der Waals surface area contributed by atoms with Crippen molar-refractivity contribution in [3.05, 3.63) is 18.2 Å². The molecule has 1 heterocycles. The van der Waals surface area contributed by atoms with Crippen LogP contribution >= 0.6 is 11.3 Å². The van der Waals surface area contributed by atoms with Gasteiger partial charge in [0.15, 0.2) is 5.13 Å². The van der Waals surface area contributed by atoms with Crippen molar-refractivity contribution >= 4 is 36.7 Å². The Morgan fingerprint density at radius 2 is 2.18 bits per heavy atom. The Kier molecular flexibility index (Phi) is 2.35. The highest BCUT2D eigenvalue weighted by atomic mass is 32.2. The minimum Gasteiger partial charge on any atom is -0.375 e. The summed E-state index contributed by atoms with van der Waals surface area (Å²) in [5.74, 6) is 0. The molecule has 90 valence electrons. The number of fused-ring (bicyclic) bond motifs is 1. The van der Waals surface area contributed by atoms with Crippen LogP contribution in [0.3, 0.4) is 0 Å². The molecule has 17 heavy (non-hydrogen) atoms. The number of anilines is 1. The van der Waals surface area contributed by atoms with E-state index in [-0.39, 0.29) is 10.9 Å². The largest absolute Gasteiger partial charge is 0.375 e. The van der Waals surface area contributed by atoms with Gasteiger partial charge in [0, 0.05) is 6.04 Å². The van der Waals surface area contributed by atoms with Crippen LogP contribution in [0.25, 0.3) is 10.2 Å². The molecule has 1 aliphatic rings. The molecule has 0 amide bonds. The van der Waals surface area contributed by atoms with Crippen LogP contribution in [0.5, 0.6) is 0 Å². The van der Waals surface area contributed by atoms with Gasteiger partial charge in [-0.2, -0.15) is 0 Å². The van der Waals surface area contributed by atoms with Gasteiger partial charge in [-0.1, -0.05) is 11.3 Å². The molecule has 0 spiro atoms. The summed E-state index contributed by atoms with van der Waals surface area (Å²) in [6.45, 7) is 0. The van der Waals surface area contributed by atoms with E-state index in [9.17, 15) is 8.42 Å². The number of nitrogens with one attached hydrogen (secondary N) is 1. The van der Waals surface area contributed by atoms with Crippen LogP contribution in [-0.2, 0) is 10.0 Å². The number of hydrogen-bond donors (Lipinski definition) is 2. The van der Waals surface area contributed by atoms with Gasteiger partial charge in [-0.15, -0.1) is 0 Å². The number of benzene rings is 1. The molecule has 3 rings (SSSR count). The van der Waals surface area contributed by atoms with Crippen molar-refractivity contribution in [2.75, 3.05) is 5.73 Å². The lowest BCUT2D eigenvalue weighted by Crippen LogP contribution is -2.25. The van der Waals surface area contributed by atoms with Crippen LogP contribution in [0.1, 0.15) is 12.8 Å². The summed E-state index contributed by atoms with van der Waals surface area (Å²) in [6, 6.07) is 4.98. The monoisotopic (exact) mass is 269 g/mol. The minimum absolute atomic E-state index is 0.113. The summed E-state index contributed by atoms with van der Waals surface area (Å²) >= 11 is 1.29. The summed E-state index contributed by atoms with van der Waals surface area (Å²) in [4.78, 5) is 4.37. The van der Waals surface area contributed by atoms with E-state index in [1.54, 1.807) is 18.2 Å². The molecule has 3 N–H and O–H groups in total. The second-order valence-corrected chi connectivity index (χ2v) is 6.85. The van der Waals surface area contributed by atoms with Gasteiger partial charge in [-0.05, 0) is 31.0 Å². The van der Waals surface area contributed by atoms with E-state index in [1.165, 1.54) is 11.3 Å². The van der Waals surface area contributed by atoms with Crippen LogP contribution in [0.2, 0.25) is 0 Å². The molecule has 2 aromatic rings. The minimum atomic E-state index is -3.39. The second-order valence-electron chi connectivity index (χ2n) is 4.08. The standard InChI is InChI=1S/C10H11N3O2S2/c11-10-12-8-4-3-7(5-9(8)16-10)17(14,15)13-6-1-2-6/h3-6,13H,1-2H2,(H2,11,12). The molecule has 5 nitrogen and oxygen atoms in total. The van der Waals surface area contributed by atoms with Crippen molar-refractivity contribution in [3.8, 4) is 0 Å². The van der Waals surface area contributed by atoms with Crippen LogP contribution < -0.4 is 10.5 Å². The summed E-state index contributed by atoms with van der Waals surface area (Å²) in [5, 5.41) is 0.449. The molecule has 1 saturated carbocycles. The highest BCUT2D eigenvalue weighted by Crippen LogP contribution is 2.27. The first-order valence-electron chi connectivity index (χ1n) is 5.23. The number of nitrogen functional groups attached to an aromatic ring is 1. The Labute approximate surface area is 103 Å². The van der Waals surface area contributed by atoms with Gasteiger partial charge in [-0.25, -0.2) is 18.1 Å². The molecule has 0 unspecified atom stereocenters. The number of nitrogens with two attached hydrogens (primary N) is 1. The van der Waals surface area contributed by atoms with E-state index >= 15 is 0 Å². The molecule has 0 radical (unpaired) electrons. The van der Waals surface area contributed by atoms with Crippen molar-refractivity contribution in [3.63, 3.8) is 0 Å². The topological polar surface area (TPSA) is 85.1 Å². The zero-order valence-corrected chi connectivity index (χ0v) is 10.5. The maximum atomic E-state index is 12.0. The Balaban J connectivity index is 2.04. The van der Waals surface area contributed by atoms with Gasteiger partial charge in [0.05, 0.1) is 15.1 Å². The predicted octanol–water partition coefficient (Wildman–Crippen LogP) is 1.32. The Morgan fingerprint density at radius 1 is 1.41 bits per heavy atom. The predicted molar refractivity (Wildman–Crippen MR) is 67.4 cm³/mol. The number of nitrogens with zero attached hydrogens (tertiary/aromatic N) is 1. The summed E-state index contributed by atoms with van der Waals surface area (Å²) in [5.41, 5.74) is 6.32. The fourth-order valence-corrected chi connectivity index (χ4v) is 3.76. The zero-order valence-electron chi connectivity index (χ0n) is 8.88. The van der Waals surface area contributed by atoms with Crippen LogP contribution in [0.15, 0.2) is 23.1 Å². The fourth-order valence-electron chi connectivity index (χ4n) is 1.58. The Bertz CT molecular complexity index is 674. The average Bonchev–Trinajstić information content (AvgIpc) is 2.95. The van der Waals surface area contributed by atoms with Gasteiger partial charge in [0.1, 0.15) is 0 Å². The van der Waals surface area contributed by atoms with Crippen LogP contribution in [0, 0.1) is 0 Å². The number of thiazole rings is 1. The molecule has 1 fully saturated rings. The van der Waals surface area contributed by atoms with Crippen LogP contribution in [0.4, 0.5) is 5.13 Å². The zero-order chi connectivity index (χ0) is 12.0. The third-order valence-corrected chi connectivity index (χ3v) is 4.95. The Hall–Kier alpha value is -1.18. The van der Waals surface area contributed by atoms with Crippen LogP contribution in [-0.4, -0.2) is 19.4 Å². The lowest BCUT2D eigenvalue weighted by molar-refractivity contribution is 0.581. The van der Waals surface area contributed by atoms with Gasteiger partial charge in [0.25, 0.3) is 0 Å². The van der Waals surface area contributed by atoms with Crippen molar-refractivity contribution < 1.29 is 8.42 Å². The van der Waals surface area contributed by atoms with Gasteiger partial charge in [0.2, 0.25) is 10.0 Å². The molecule has 0 aliphatic heterocycles. The number of rotatable bonds is 3. The number of hydrogen-bond acceptors (Lipinski definition) is 5. The van der Waals surface area contributed by atoms with Gasteiger partial charge < -0.3 is 5.73 Å². The molecule has 0 bridgehead atoms. The third kappa shape index (κ3) is 2.13. The summed E-state index contributed by atoms with van der Waals surface area (Å²) in [6.07, 6.45) is 1.85. The van der Waals surface area contributed by atoms with Crippen molar-refractivity contribution in [2.45, 2.75) is 23.8 Å². The molecular formula is C10H11N3O2S2. The number of sulfonamides is 1. The van der Waals surface area contributed by atoms with Crippen molar-refractivity contribution in [1.29, 1.82) is 0 Å². The second kappa shape index (κ2) is 3.66. The van der Waals surface area contributed by atoms with Gasteiger partial charge in [-0.3, -0.25) is 0 Å². The van der Waals surface area contributed by atoms with E-state index in [4.69, 9.17) is 5.73 Å². The van der Waals surface area contributed by atoms with Gasteiger partial charge >= 0.3 is 0 Å². The van der Waals surface area contributed by atoms with E-state index in [2.05, 4.69) is 9.71 Å². The highest BCUT2D eigenvalue weighted by Gasteiger charge is 2.28. The molecule has 0 atom stereocenters. The molecule has 1 aliphatic carbocycles. The van der Waals surface area contributed by atoms with Crippen molar-refractivity contribution in [2.24, 2.45) is 0 Å². The molecular weight excluding hydrogens is 258 g/mol. The molecule has 7 heteroatoms. The first kappa shape index (κ1) is 10.9. The van der Waals surface area contributed by atoms with E-state index < -0.39 is 10.0 Å². The lowest BCUT2D eigenvalue weighted by atomic mass is 10.3. The summed E-state index contributed by atoms with van der Waals surface area (Å²) in [7, 11) is -3.39. The normalized spacial score (nSPS) is 16.5. The van der Waals surface area contributed by atoms with E-state index in [1.807, 2.05) is 0 Å². The lowest BCUT2D eigenvalue weighted by Gasteiger charge is -2.04. The Morgan fingerprint density at radius 3 is 2.88 bits per heavy atom. The maximum absolute atomic E-state index is 12.0. The molecule has 1 aromatic carbocycles. The SMILES string of the molecule is Nc1nc2ccc(S(=O)(=O)NC3CC3)cc2s1. The van der Waals surface area contributed by atoms with E-state index in [0.717, 1.165) is 23.1 Å². The number of aromatic nitrogens is 1. The highest BCUT2D eigenvalue weighted by molar-refractivity contribution is 7.89. The van der Waals surface area contributed by atoms with Crippen molar-refractivity contribution in [1.82, 2.24) is 9.71 Å². The van der Waals surface area contributed by atoms with E-state index in [0.29, 0.717) is 5.13 Å². The average molecular weight is 269 g/mol.